The number of fused-ring (bicyclic) bond motifs is 2. The van der Waals surface area contributed by atoms with E-state index in [0.717, 1.165) is 17.8 Å². The van der Waals surface area contributed by atoms with Crippen LogP contribution in [0.1, 0.15) is 25.7 Å². The van der Waals surface area contributed by atoms with Crippen molar-refractivity contribution in [1.82, 2.24) is 0 Å². The van der Waals surface area contributed by atoms with Crippen LogP contribution in [-0.2, 0) is 0 Å². The lowest BCUT2D eigenvalue weighted by molar-refractivity contribution is 0.395. The Balaban J connectivity index is 2.09. The molecule has 0 nitrogen and oxygen atoms in total. The van der Waals surface area contributed by atoms with E-state index in [-0.39, 0.29) is 0 Å². The summed E-state index contributed by atoms with van der Waals surface area (Å²) < 4.78 is 0. The molecule has 0 heterocycles. The van der Waals surface area contributed by atoms with Gasteiger partial charge in [0.2, 0.25) is 0 Å². The van der Waals surface area contributed by atoms with E-state index in [0.29, 0.717) is 0 Å². The molecule has 0 aromatic rings. The van der Waals surface area contributed by atoms with Crippen molar-refractivity contribution in [3.8, 4) is 0 Å². The third kappa shape index (κ3) is 0.726. The standard InChI is InChI=1S/C9H14/c1-2-8-5-7-3-4-9(8)6-7/h2,7-9H,1,3-6H2/t7-,8+,9-/m1/s1. The van der Waals surface area contributed by atoms with Gasteiger partial charge in [0, 0.05) is 0 Å². The Labute approximate surface area is 57.0 Å². The first kappa shape index (κ1) is 5.52. The van der Waals surface area contributed by atoms with Gasteiger partial charge < -0.3 is 0 Å². The second-order valence-corrected chi connectivity index (χ2v) is 3.57. The average molecular weight is 122 g/mol. The van der Waals surface area contributed by atoms with E-state index in [2.05, 4.69) is 12.7 Å². The fourth-order valence-electron chi connectivity index (χ4n) is 2.58. The monoisotopic (exact) mass is 122 g/mol. The van der Waals surface area contributed by atoms with Crippen molar-refractivity contribution in [2.24, 2.45) is 17.8 Å². The third-order valence-electron chi connectivity index (χ3n) is 3.10. The summed E-state index contributed by atoms with van der Waals surface area (Å²) in [6.07, 6.45) is 8.13. The zero-order valence-electron chi connectivity index (χ0n) is 5.84. The highest BCUT2D eigenvalue weighted by molar-refractivity contribution is 4.97. The van der Waals surface area contributed by atoms with Gasteiger partial charge in [-0.3, -0.25) is 0 Å². The summed E-state index contributed by atoms with van der Waals surface area (Å²) in [7, 11) is 0. The molecule has 2 rings (SSSR count). The minimum absolute atomic E-state index is 0.892. The summed E-state index contributed by atoms with van der Waals surface area (Å²) >= 11 is 0. The van der Waals surface area contributed by atoms with Gasteiger partial charge in [-0.25, -0.2) is 0 Å². The van der Waals surface area contributed by atoms with Gasteiger partial charge in [-0.15, -0.1) is 6.58 Å². The third-order valence-corrected chi connectivity index (χ3v) is 3.10. The lowest BCUT2D eigenvalue weighted by Gasteiger charge is -2.16. The molecule has 3 atom stereocenters. The molecule has 0 aromatic carbocycles. The van der Waals surface area contributed by atoms with Gasteiger partial charge in [0.15, 0.2) is 0 Å². The van der Waals surface area contributed by atoms with E-state index in [9.17, 15) is 0 Å². The van der Waals surface area contributed by atoms with Crippen LogP contribution in [0.25, 0.3) is 0 Å². The van der Waals surface area contributed by atoms with Crippen LogP contribution in [0.5, 0.6) is 0 Å². The Morgan fingerprint density at radius 2 is 2.11 bits per heavy atom. The summed E-state index contributed by atoms with van der Waals surface area (Å²) in [6, 6.07) is 0. The van der Waals surface area contributed by atoms with Gasteiger partial charge in [0.25, 0.3) is 0 Å². The Hall–Kier alpha value is -0.260. The average Bonchev–Trinajstić information content (AvgIpc) is 2.45. The molecular weight excluding hydrogens is 108 g/mol. The molecule has 0 spiro atoms. The van der Waals surface area contributed by atoms with Crippen LogP contribution in [0, 0.1) is 17.8 Å². The van der Waals surface area contributed by atoms with Gasteiger partial charge in [0.1, 0.15) is 0 Å². The molecule has 0 unspecified atom stereocenters. The molecule has 0 aliphatic heterocycles. The van der Waals surface area contributed by atoms with E-state index in [4.69, 9.17) is 0 Å². The summed E-state index contributed by atoms with van der Waals surface area (Å²) in [5.41, 5.74) is 0. The highest BCUT2D eigenvalue weighted by Crippen LogP contribution is 2.48. The maximum Gasteiger partial charge on any atom is -0.0205 e. The van der Waals surface area contributed by atoms with Crippen molar-refractivity contribution >= 4 is 0 Å². The van der Waals surface area contributed by atoms with Gasteiger partial charge in [0.05, 0.1) is 0 Å². The van der Waals surface area contributed by atoms with Gasteiger partial charge in [-0.05, 0) is 37.0 Å². The minimum atomic E-state index is 0.892. The van der Waals surface area contributed by atoms with Crippen molar-refractivity contribution in [2.45, 2.75) is 25.7 Å². The minimum Gasteiger partial charge on any atom is -0.103 e. The fraction of sp³-hybridized carbons (Fsp3) is 0.778. The highest BCUT2D eigenvalue weighted by Gasteiger charge is 2.37. The van der Waals surface area contributed by atoms with Gasteiger partial charge in [-0.1, -0.05) is 12.5 Å². The van der Waals surface area contributed by atoms with E-state index >= 15 is 0 Å². The van der Waals surface area contributed by atoms with Crippen LogP contribution in [0.3, 0.4) is 0 Å². The smallest absolute Gasteiger partial charge is 0.0205 e. The lowest BCUT2D eigenvalue weighted by atomic mass is 9.89. The lowest BCUT2D eigenvalue weighted by Crippen LogP contribution is -2.06. The SMILES string of the molecule is C=C[C@H]1C[C@H]2CC[C@@H]1C2. The molecular formula is C9H14. The molecule has 2 aliphatic carbocycles. The van der Waals surface area contributed by atoms with Crippen LogP contribution >= 0.6 is 0 Å². The molecule has 2 saturated carbocycles. The zero-order chi connectivity index (χ0) is 6.27. The van der Waals surface area contributed by atoms with Crippen molar-refractivity contribution < 1.29 is 0 Å². The van der Waals surface area contributed by atoms with E-state index < -0.39 is 0 Å². The van der Waals surface area contributed by atoms with E-state index in [1.165, 1.54) is 25.7 Å². The molecule has 2 bridgehead atoms. The van der Waals surface area contributed by atoms with Crippen LogP contribution in [0.2, 0.25) is 0 Å². The Morgan fingerprint density at radius 1 is 1.22 bits per heavy atom. The summed E-state index contributed by atoms with van der Waals surface area (Å²) in [4.78, 5) is 0. The Bertz CT molecular complexity index is 126. The number of rotatable bonds is 1. The quantitative estimate of drug-likeness (QED) is 0.469. The molecule has 0 saturated heterocycles. The van der Waals surface area contributed by atoms with Crippen LogP contribution < -0.4 is 0 Å². The van der Waals surface area contributed by atoms with Crippen molar-refractivity contribution in [3.05, 3.63) is 12.7 Å². The largest absolute Gasteiger partial charge is 0.103 e. The molecule has 0 radical (unpaired) electrons. The topological polar surface area (TPSA) is 0 Å². The number of allylic oxidation sites excluding steroid dienone is 1. The first-order valence-electron chi connectivity index (χ1n) is 4.02. The van der Waals surface area contributed by atoms with Gasteiger partial charge in [-0.2, -0.15) is 0 Å². The van der Waals surface area contributed by atoms with Crippen molar-refractivity contribution in [1.29, 1.82) is 0 Å². The predicted octanol–water partition coefficient (Wildman–Crippen LogP) is 2.61. The molecule has 0 N–H and O–H groups in total. The molecule has 50 valence electrons. The highest BCUT2D eigenvalue weighted by atomic mass is 14.4. The second-order valence-electron chi connectivity index (χ2n) is 3.57. The molecule has 2 aliphatic rings. The molecule has 0 aromatic heterocycles. The number of hydrogen-bond donors (Lipinski definition) is 0. The fourth-order valence-corrected chi connectivity index (χ4v) is 2.58. The Kier molecular flexibility index (Phi) is 1.14. The first-order valence-corrected chi connectivity index (χ1v) is 4.02. The van der Waals surface area contributed by atoms with Crippen molar-refractivity contribution in [2.75, 3.05) is 0 Å². The van der Waals surface area contributed by atoms with Gasteiger partial charge >= 0.3 is 0 Å². The Morgan fingerprint density at radius 3 is 2.44 bits per heavy atom. The summed E-state index contributed by atoms with van der Waals surface area (Å²) in [5.74, 6) is 3.01. The van der Waals surface area contributed by atoms with Crippen molar-refractivity contribution in [3.63, 3.8) is 0 Å². The zero-order valence-corrected chi connectivity index (χ0v) is 5.84. The summed E-state index contributed by atoms with van der Waals surface area (Å²) in [6.45, 7) is 3.86. The maximum atomic E-state index is 3.86. The predicted molar refractivity (Wildman–Crippen MR) is 39.1 cm³/mol. The number of hydrogen-bond acceptors (Lipinski definition) is 0. The second kappa shape index (κ2) is 1.86. The van der Waals surface area contributed by atoms with Crippen LogP contribution in [0.15, 0.2) is 12.7 Å². The van der Waals surface area contributed by atoms with E-state index in [1.54, 1.807) is 0 Å². The summed E-state index contributed by atoms with van der Waals surface area (Å²) in [5, 5.41) is 0. The molecule has 9 heavy (non-hydrogen) atoms. The maximum absolute atomic E-state index is 3.86. The molecule has 0 amide bonds. The first-order chi connectivity index (χ1) is 4.40. The van der Waals surface area contributed by atoms with E-state index in [1.807, 2.05) is 0 Å². The van der Waals surface area contributed by atoms with Crippen LogP contribution in [0.4, 0.5) is 0 Å². The normalized spacial score (nSPS) is 47.8. The van der Waals surface area contributed by atoms with Crippen LogP contribution in [-0.4, -0.2) is 0 Å². The molecule has 2 fully saturated rings. The molecule has 0 heteroatoms.